The predicted octanol–water partition coefficient (Wildman–Crippen LogP) is 4.30. The van der Waals surface area contributed by atoms with Crippen molar-refractivity contribution in [3.8, 4) is 28.6 Å². The van der Waals surface area contributed by atoms with Gasteiger partial charge < -0.3 is 54.9 Å². The van der Waals surface area contributed by atoms with Crippen molar-refractivity contribution in [1.29, 1.82) is 0 Å². The molecule has 326 valence electrons. The van der Waals surface area contributed by atoms with Crippen molar-refractivity contribution in [3.63, 3.8) is 0 Å². The van der Waals surface area contributed by atoms with E-state index < -0.39 is 75.9 Å². The maximum Gasteiger partial charge on any atom is 0.488 e. The molecule has 23 nitrogen and oxygen atoms in total. The number of benzene rings is 2. The molecule has 27 heteroatoms. The lowest BCUT2D eigenvalue weighted by Crippen LogP contribution is -2.33. The number of phosphoric acid groups is 2. The Bertz CT molecular complexity index is 2830. The van der Waals surface area contributed by atoms with Crippen LogP contribution in [0.1, 0.15) is 25.6 Å². The van der Waals surface area contributed by atoms with Crippen LogP contribution in [0.15, 0.2) is 75.3 Å². The molecule has 7 atom stereocenters. The number of aromatic nitrogens is 5. The first-order chi connectivity index (χ1) is 28.7. The quantitative estimate of drug-likeness (QED) is 0.0525. The Morgan fingerprint density at radius 1 is 0.934 bits per heavy atom. The van der Waals surface area contributed by atoms with Crippen molar-refractivity contribution in [2.45, 2.75) is 50.2 Å². The van der Waals surface area contributed by atoms with E-state index in [-0.39, 0.29) is 39.6 Å². The fourth-order valence-electron chi connectivity index (χ4n) is 6.79. The Morgan fingerprint density at radius 2 is 1.64 bits per heavy atom. The summed E-state index contributed by atoms with van der Waals surface area (Å²) in [6, 6.07) is 12.4. The van der Waals surface area contributed by atoms with Crippen molar-refractivity contribution in [2.24, 2.45) is 0 Å². The summed E-state index contributed by atoms with van der Waals surface area (Å²) in [5, 5.41) is 43.5. The number of nitrogen functional groups attached to an aromatic ring is 1. The number of aliphatic hydroxyl groups excluding tert-OH is 2. The lowest BCUT2D eigenvalue weighted by atomic mass is 9.99. The van der Waals surface area contributed by atoms with Gasteiger partial charge in [0, 0.05) is 47.7 Å². The van der Waals surface area contributed by atoms with E-state index in [0.29, 0.717) is 16.7 Å². The van der Waals surface area contributed by atoms with E-state index in [1.54, 1.807) is 6.92 Å². The number of hydrogen-bond donors (Lipinski definition) is 8. The summed E-state index contributed by atoms with van der Waals surface area (Å²) in [6.45, 7) is 0.904. The Kier molecular flexibility index (Phi) is 12.3. The van der Waals surface area contributed by atoms with E-state index in [1.807, 2.05) is 32.0 Å². The number of fused-ring (bicyclic) bond motifs is 2. The summed E-state index contributed by atoms with van der Waals surface area (Å²) in [4.78, 5) is 57.4. The van der Waals surface area contributed by atoms with Crippen LogP contribution < -0.4 is 16.3 Å². The maximum atomic E-state index is 13.2. The molecule has 6 aromatic rings. The third kappa shape index (κ3) is 9.00. The minimum atomic E-state index is -5.94. The van der Waals surface area contributed by atoms with E-state index in [2.05, 4.69) is 33.0 Å². The van der Waals surface area contributed by atoms with Crippen molar-refractivity contribution in [1.82, 2.24) is 24.1 Å². The molecule has 9 N–H and O–H groups in total. The molecule has 0 aliphatic carbocycles. The van der Waals surface area contributed by atoms with Crippen LogP contribution in [0.5, 0.6) is 11.8 Å². The highest BCUT2D eigenvalue weighted by Gasteiger charge is 2.47. The minimum absolute atomic E-state index is 0.0162. The largest absolute Gasteiger partial charge is 0.494 e. The second kappa shape index (κ2) is 16.9. The molecule has 7 rings (SSSR count). The second-order valence-electron chi connectivity index (χ2n) is 13.4. The Morgan fingerprint density at radius 3 is 2.33 bits per heavy atom. The molecule has 2 aromatic carbocycles. The molecular formula is C34H38N7O16P3S. The van der Waals surface area contributed by atoms with Crippen molar-refractivity contribution < 1.29 is 71.1 Å². The number of aromatic hydroxyl groups is 2. The molecule has 1 aliphatic rings. The fourth-order valence-corrected chi connectivity index (χ4v) is 12.7. The molecule has 0 saturated carbocycles. The summed E-state index contributed by atoms with van der Waals surface area (Å²) in [5.74, 6) is -1.46. The number of anilines is 2. The second-order valence-corrected chi connectivity index (χ2v) is 20.3. The zero-order valence-electron chi connectivity index (χ0n) is 32.0. The van der Waals surface area contributed by atoms with Gasteiger partial charge in [-0.3, -0.25) is 13.7 Å². The van der Waals surface area contributed by atoms with Gasteiger partial charge in [-0.15, -0.1) is 0 Å². The fraction of sp³-hybridized carbons (Fsp3) is 0.294. The average Bonchev–Trinajstić information content (AvgIpc) is 3.82. The standard InChI is InChI=1S/C34H38N7O16P3S/c1-4-39(5-2)20-10-11-21-17(3)26(34(46)55-22(21)12-20)18-6-8-19(9-7-18)41-25(42)13-24(32(41)45)61-60(51,52)57-59(49,50)56-58(47,48)53-14-23-28(43)29(44)33(54-23)40-16-38-27-30(35)36-15-37-31(27)40/h6-13,15-16,23,28-29,33,42-45H,4-5,14H2,1-3H3,(H,47,48)(H,49,50)(H,51,52)(H2,35,36,37)/t23-,28?,29?,33+/m0/s1. The van der Waals surface area contributed by atoms with Gasteiger partial charge in [0.25, 0.3) is 0 Å². The Hall–Kier alpha value is -4.64. The summed E-state index contributed by atoms with van der Waals surface area (Å²) in [7, 11) is -11.6. The molecule has 0 bridgehead atoms. The van der Waals surface area contributed by atoms with Gasteiger partial charge in [-0.05, 0) is 56.2 Å². The van der Waals surface area contributed by atoms with Gasteiger partial charge in [-0.1, -0.05) is 12.1 Å². The van der Waals surface area contributed by atoms with E-state index >= 15 is 0 Å². The van der Waals surface area contributed by atoms with Crippen molar-refractivity contribution in [3.05, 3.63) is 77.2 Å². The number of phosphoric ester groups is 1. The number of nitrogens with two attached hydrogens (primary N) is 1. The van der Waals surface area contributed by atoms with Crippen LogP contribution in [0.25, 0.3) is 38.9 Å². The van der Waals surface area contributed by atoms with Crippen LogP contribution in [0.2, 0.25) is 0 Å². The SMILES string of the molecule is CCN(CC)c1ccc2c(C)c(-c3ccc(-n4c(O)cc(SP(=O)(O)OP(=O)(O)OP(=O)(O)OC[C@@H]5O[C@@H](n6cnc7c(N)ncnc76)C(O)C5O)c4O)cc3)c(=O)oc2c1. The zero-order chi connectivity index (χ0) is 44.2. The topological polar surface area (TPSA) is 338 Å². The zero-order valence-corrected chi connectivity index (χ0v) is 35.5. The van der Waals surface area contributed by atoms with E-state index in [9.17, 15) is 53.6 Å². The molecular weight excluding hydrogens is 887 g/mol. The number of rotatable bonds is 15. The van der Waals surface area contributed by atoms with Crippen LogP contribution in [0, 0.1) is 6.92 Å². The maximum absolute atomic E-state index is 13.2. The smallest absolute Gasteiger partial charge is 0.488 e. The summed E-state index contributed by atoms with van der Waals surface area (Å²) >= 11 is -0.228. The van der Waals surface area contributed by atoms with Crippen LogP contribution in [0.3, 0.4) is 0 Å². The van der Waals surface area contributed by atoms with Gasteiger partial charge in [0.05, 0.1) is 29.1 Å². The highest BCUT2D eigenvalue weighted by atomic mass is 32.7. The predicted molar refractivity (Wildman–Crippen MR) is 218 cm³/mol. The highest BCUT2D eigenvalue weighted by molar-refractivity contribution is 8.55. The number of hydrogen-bond acceptors (Lipinski definition) is 19. The number of aryl methyl sites for hydroxylation is 1. The molecule has 0 radical (unpaired) electrons. The lowest BCUT2D eigenvalue weighted by molar-refractivity contribution is -0.0503. The monoisotopic (exact) mass is 925 g/mol. The van der Waals surface area contributed by atoms with Gasteiger partial charge in [0.1, 0.15) is 35.7 Å². The van der Waals surface area contributed by atoms with Crippen LogP contribution >= 0.6 is 33.8 Å². The molecule has 5 unspecified atom stereocenters. The third-order valence-corrected chi connectivity index (χ3v) is 16.0. The number of aliphatic hydroxyl groups is 2. The molecule has 4 aromatic heterocycles. The molecule has 0 spiro atoms. The summed E-state index contributed by atoms with van der Waals surface area (Å²) in [5.41, 5.74) is 8.27. The lowest BCUT2D eigenvalue weighted by Gasteiger charge is -2.21. The van der Waals surface area contributed by atoms with Gasteiger partial charge >= 0.3 is 28.1 Å². The number of nitrogens with zero attached hydrogens (tertiary/aromatic N) is 6. The normalized spacial score (nSPS) is 21.0. The van der Waals surface area contributed by atoms with Gasteiger partial charge in [-0.25, -0.2) is 33.4 Å². The summed E-state index contributed by atoms with van der Waals surface area (Å²) < 4.78 is 64.8. The van der Waals surface area contributed by atoms with Crippen molar-refractivity contribution >= 4 is 67.5 Å². The van der Waals surface area contributed by atoms with Gasteiger partial charge in [0.15, 0.2) is 23.6 Å². The highest BCUT2D eigenvalue weighted by Crippen LogP contribution is 2.73. The molecule has 1 aliphatic heterocycles. The third-order valence-electron chi connectivity index (χ3n) is 9.64. The van der Waals surface area contributed by atoms with Gasteiger partial charge in [-0.2, -0.15) is 8.62 Å². The molecule has 5 heterocycles. The van der Waals surface area contributed by atoms with Crippen molar-refractivity contribution in [2.75, 3.05) is 30.3 Å². The first-order valence-electron chi connectivity index (χ1n) is 18.0. The Balaban J connectivity index is 1.00. The van der Waals surface area contributed by atoms with E-state index in [4.69, 9.17) is 14.9 Å². The first kappa shape index (κ1) is 44.4. The molecule has 1 saturated heterocycles. The minimum Gasteiger partial charge on any atom is -0.494 e. The molecule has 1 fully saturated rings. The number of imidazole rings is 1. The first-order valence-corrected chi connectivity index (χ1v) is 24.0. The number of ether oxygens (including phenoxy) is 1. The Labute approximate surface area is 348 Å². The average molecular weight is 926 g/mol. The van der Waals surface area contributed by atoms with Crippen LogP contribution in [-0.4, -0.2) is 97.2 Å². The molecule has 61 heavy (non-hydrogen) atoms. The van der Waals surface area contributed by atoms with E-state index in [0.717, 1.165) is 41.1 Å². The van der Waals surface area contributed by atoms with Crippen LogP contribution in [0.4, 0.5) is 11.5 Å². The summed E-state index contributed by atoms with van der Waals surface area (Å²) in [6.07, 6.45) is -3.99. The van der Waals surface area contributed by atoms with E-state index in [1.165, 1.54) is 35.2 Å². The molecule has 0 amide bonds. The van der Waals surface area contributed by atoms with Gasteiger partial charge in [0.2, 0.25) is 5.88 Å². The van der Waals surface area contributed by atoms with Crippen LogP contribution in [-0.2, 0) is 31.6 Å².